The molecule has 12 heavy (non-hydrogen) atoms. The second-order valence-electron chi connectivity index (χ2n) is 3.43. The summed E-state index contributed by atoms with van der Waals surface area (Å²) in [6, 6.07) is 0.550. The lowest BCUT2D eigenvalue weighted by Crippen LogP contribution is -2.54. The zero-order valence-electron chi connectivity index (χ0n) is 8.34. The molecule has 1 fully saturated rings. The van der Waals surface area contributed by atoms with Crippen molar-refractivity contribution >= 4 is 0 Å². The normalized spacial score (nSPS) is 28.8. The fourth-order valence-electron chi connectivity index (χ4n) is 1.84. The summed E-state index contributed by atoms with van der Waals surface area (Å²) < 4.78 is 5.43. The van der Waals surface area contributed by atoms with Crippen LogP contribution in [-0.4, -0.2) is 50.8 Å². The summed E-state index contributed by atoms with van der Waals surface area (Å²) in [4.78, 5) is 2.38. The topological polar surface area (TPSA) is 24.5 Å². The average Bonchev–Trinajstić information content (AvgIpc) is 2.10. The van der Waals surface area contributed by atoms with Crippen molar-refractivity contribution in [2.24, 2.45) is 0 Å². The predicted octanol–water partition coefficient (Wildman–Crippen LogP) is 0.315. The first-order valence-corrected chi connectivity index (χ1v) is 4.73. The van der Waals surface area contributed by atoms with Gasteiger partial charge in [-0.15, -0.1) is 0 Å². The van der Waals surface area contributed by atoms with Crippen LogP contribution in [0.3, 0.4) is 0 Å². The van der Waals surface area contributed by atoms with Gasteiger partial charge < -0.3 is 10.1 Å². The molecule has 0 spiro atoms. The van der Waals surface area contributed by atoms with Crippen LogP contribution in [0.1, 0.15) is 13.3 Å². The molecule has 3 heteroatoms. The molecule has 0 aromatic rings. The van der Waals surface area contributed by atoms with Crippen LogP contribution in [0.25, 0.3) is 0 Å². The monoisotopic (exact) mass is 172 g/mol. The van der Waals surface area contributed by atoms with Crippen LogP contribution in [0.4, 0.5) is 0 Å². The SMILES string of the molecule is CCC(OC)C1CNCCN1C. The Balaban J connectivity index is 2.45. The Bertz CT molecular complexity index is 126. The van der Waals surface area contributed by atoms with Crippen molar-refractivity contribution in [2.45, 2.75) is 25.5 Å². The number of methoxy groups -OCH3 is 1. The average molecular weight is 172 g/mol. The van der Waals surface area contributed by atoms with Gasteiger partial charge in [0.25, 0.3) is 0 Å². The first-order valence-electron chi connectivity index (χ1n) is 4.73. The summed E-state index contributed by atoms with van der Waals surface area (Å²) in [5, 5.41) is 3.39. The minimum atomic E-state index is 0.378. The number of hydrogen-bond donors (Lipinski definition) is 1. The molecule has 1 N–H and O–H groups in total. The van der Waals surface area contributed by atoms with Gasteiger partial charge in [0.1, 0.15) is 0 Å². The van der Waals surface area contributed by atoms with Crippen molar-refractivity contribution in [1.29, 1.82) is 0 Å². The Kier molecular flexibility index (Phi) is 3.98. The Hall–Kier alpha value is -0.120. The maximum Gasteiger partial charge on any atom is 0.0736 e. The summed E-state index contributed by atoms with van der Waals surface area (Å²) in [7, 11) is 3.98. The first-order chi connectivity index (χ1) is 5.79. The van der Waals surface area contributed by atoms with Gasteiger partial charge in [0.05, 0.1) is 6.10 Å². The van der Waals surface area contributed by atoms with E-state index in [0.29, 0.717) is 12.1 Å². The van der Waals surface area contributed by atoms with Gasteiger partial charge in [-0.05, 0) is 13.5 Å². The molecule has 0 saturated carbocycles. The number of nitrogens with zero attached hydrogens (tertiary/aromatic N) is 1. The van der Waals surface area contributed by atoms with Crippen LogP contribution in [-0.2, 0) is 4.74 Å². The molecule has 0 amide bonds. The van der Waals surface area contributed by atoms with Crippen molar-refractivity contribution < 1.29 is 4.74 Å². The summed E-state index contributed by atoms with van der Waals surface area (Å²) in [6.07, 6.45) is 1.47. The minimum absolute atomic E-state index is 0.378. The fraction of sp³-hybridized carbons (Fsp3) is 1.00. The molecular formula is C9H20N2O. The summed E-state index contributed by atoms with van der Waals surface area (Å²) in [5.74, 6) is 0. The number of hydrogen-bond acceptors (Lipinski definition) is 3. The molecule has 2 atom stereocenters. The van der Waals surface area contributed by atoms with E-state index in [9.17, 15) is 0 Å². The molecule has 0 aromatic heterocycles. The van der Waals surface area contributed by atoms with Crippen LogP contribution in [0.15, 0.2) is 0 Å². The van der Waals surface area contributed by atoms with Crippen molar-refractivity contribution in [3.63, 3.8) is 0 Å². The minimum Gasteiger partial charge on any atom is -0.380 e. The molecule has 3 nitrogen and oxygen atoms in total. The number of likely N-dealkylation sites (N-methyl/N-ethyl adjacent to an activating group) is 1. The van der Waals surface area contributed by atoms with Gasteiger partial charge in [-0.2, -0.15) is 0 Å². The predicted molar refractivity (Wildman–Crippen MR) is 50.4 cm³/mol. The highest BCUT2D eigenvalue weighted by Gasteiger charge is 2.25. The van der Waals surface area contributed by atoms with E-state index in [0.717, 1.165) is 26.1 Å². The number of piperazine rings is 1. The molecule has 0 radical (unpaired) electrons. The van der Waals surface area contributed by atoms with Gasteiger partial charge >= 0.3 is 0 Å². The standard InChI is InChI=1S/C9H20N2O/c1-4-9(12-3)8-7-10-5-6-11(8)2/h8-10H,4-7H2,1-3H3. The zero-order valence-corrected chi connectivity index (χ0v) is 8.34. The maximum atomic E-state index is 5.43. The van der Waals surface area contributed by atoms with E-state index < -0.39 is 0 Å². The third-order valence-electron chi connectivity index (χ3n) is 2.70. The van der Waals surface area contributed by atoms with Gasteiger partial charge in [-0.1, -0.05) is 6.92 Å². The van der Waals surface area contributed by atoms with Gasteiger partial charge in [0, 0.05) is 32.8 Å². The molecular weight excluding hydrogens is 152 g/mol. The summed E-state index contributed by atoms with van der Waals surface area (Å²) >= 11 is 0. The highest BCUT2D eigenvalue weighted by atomic mass is 16.5. The Morgan fingerprint density at radius 3 is 2.92 bits per heavy atom. The maximum absolute atomic E-state index is 5.43. The van der Waals surface area contributed by atoms with E-state index in [2.05, 4.69) is 24.2 Å². The quantitative estimate of drug-likeness (QED) is 0.663. The van der Waals surface area contributed by atoms with Crippen molar-refractivity contribution in [2.75, 3.05) is 33.8 Å². The van der Waals surface area contributed by atoms with Gasteiger partial charge in [0.15, 0.2) is 0 Å². The lowest BCUT2D eigenvalue weighted by molar-refractivity contribution is 0.0121. The molecule has 0 bridgehead atoms. The summed E-state index contributed by atoms with van der Waals surface area (Å²) in [5.41, 5.74) is 0. The second kappa shape index (κ2) is 4.80. The highest BCUT2D eigenvalue weighted by molar-refractivity contribution is 4.83. The fourth-order valence-corrected chi connectivity index (χ4v) is 1.84. The summed E-state index contributed by atoms with van der Waals surface area (Å²) in [6.45, 7) is 5.47. The Morgan fingerprint density at radius 1 is 1.67 bits per heavy atom. The number of nitrogens with one attached hydrogen (secondary N) is 1. The van der Waals surface area contributed by atoms with Crippen molar-refractivity contribution in [3.8, 4) is 0 Å². The van der Waals surface area contributed by atoms with E-state index in [-0.39, 0.29) is 0 Å². The Labute approximate surface area is 75.1 Å². The molecule has 72 valence electrons. The van der Waals surface area contributed by atoms with Crippen LogP contribution in [0, 0.1) is 0 Å². The first kappa shape index (κ1) is 9.96. The van der Waals surface area contributed by atoms with E-state index in [1.54, 1.807) is 7.11 Å². The number of ether oxygens (including phenoxy) is 1. The van der Waals surface area contributed by atoms with Crippen LogP contribution < -0.4 is 5.32 Å². The van der Waals surface area contributed by atoms with E-state index >= 15 is 0 Å². The molecule has 1 rings (SSSR count). The lowest BCUT2D eigenvalue weighted by atomic mass is 10.1. The molecule has 1 aliphatic rings. The highest BCUT2D eigenvalue weighted by Crippen LogP contribution is 2.10. The molecule has 2 unspecified atom stereocenters. The molecule has 1 saturated heterocycles. The van der Waals surface area contributed by atoms with Crippen LogP contribution >= 0.6 is 0 Å². The van der Waals surface area contributed by atoms with E-state index in [4.69, 9.17) is 4.74 Å². The van der Waals surface area contributed by atoms with E-state index in [1.165, 1.54) is 0 Å². The third-order valence-corrected chi connectivity index (χ3v) is 2.70. The van der Waals surface area contributed by atoms with Crippen molar-refractivity contribution in [1.82, 2.24) is 10.2 Å². The Morgan fingerprint density at radius 2 is 2.42 bits per heavy atom. The van der Waals surface area contributed by atoms with Crippen LogP contribution in [0.5, 0.6) is 0 Å². The molecule has 0 aliphatic carbocycles. The molecule has 1 heterocycles. The largest absolute Gasteiger partial charge is 0.380 e. The zero-order chi connectivity index (χ0) is 8.97. The van der Waals surface area contributed by atoms with Crippen LogP contribution in [0.2, 0.25) is 0 Å². The third kappa shape index (κ3) is 2.19. The molecule has 0 aromatic carbocycles. The van der Waals surface area contributed by atoms with Crippen molar-refractivity contribution in [3.05, 3.63) is 0 Å². The second-order valence-corrected chi connectivity index (χ2v) is 3.43. The van der Waals surface area contributed by atoms with Gasteiger partial charge in [0.2, 0.25) is 0 Å². The van der Waals surface area contributed by atoms with E-state index in [1.807, 2.05) is 0 Å². The molecule has 1 aliphatic heterocycles. The van der Waals surface area contributed by atoms with Gasteiger partial charge in [-0.3, -0.25) is 4.90 Å². The lowest BCUT2D eigenvalue weighted by Gasteiger charge is -2.37. The van der Waals surface area contributed by atoms with Gasteiger partial charge in [-0.25, -0.2) is 0 Å². The number of rotatable bonds is 3. The smallest absolute Gasteiger partial charge is 0.0736 e.